The van der Waals surface area contributed by atoms with Gasteiger partial charge in [0.15, 0.2) is 11.5 Å². The summed E-state index contributed by atoms with van der Waals surface area (Å²) in [5, 5.41) is 3.09. The summed E-state index contributed by atoms with van der Waals surface area (Å²) in [6, 6.07) is 10.3. The molecule has 6 heteroatoms. The number of rotatable bonds is 3. The lowest BCUT2D eigenvalue weighted by atomic mass is 10.1. The van der Waals surface area contributed by atoms with Gasteiger partial charge in [0.1, 0.15) is 19.0 Å². The molecule has 0 radical (unpaired) electrons. The molecule has 1 aliphatic heterocycles. The van der Waals surface area contributed by atoms with Crippen LogP contribution in [0.1, 0.15) is 10.4 Å². The van der Waals surface area contributed by atoms with Gasteiger partial charge in [0, 0.05) is 17.8 Å². The Morgan fingerprint density at radius 3 is 2.64 bits per heavy atom. The maximum absolute atomic E-state index is 12.4. The van der Waals surface area contributed by atoms with E-state index >= 15 is 0 Å². The van der Waals surface area contributed by atoms with Crippen LogP contribution in [0.3, 0.4) is 0 Å². The first-order valence-electron chi connectivity index (χ1n) is 6.72. The van der Waals surface area contributed by atoms with Crippen LogP contribution in [0.15, 0.2) is 36.4 Å². The lowest BCUT2D eigenvalue weighted by Crippen LogP contribution is -2.17. The number of carbonyl (C=O) groups excluding carboxylic acids is 1. The summed E-state index contributed by atoms with van der Waals surface area (Å²) in [7, 11) is 1.57. The zero-order valence-corrected chi connectivity index (χ0v) is 12.6. The van der Waals surface area contributed by atoms with E-state index in [0.29, 0.717) is 46.7 Å². The van der Waals surface area contributed by atoms with E-state index in [2.05, 4.69) is 5.32 Å². The van der Waals surface area contributed by atoms with Gasteiger partial charge in [-0.25, -0.2) is 0 Å². The molecule has 2 aromatic rings. The van der Waals surface area contributed by atoms with Gasteiger partial charge in [0.05, 0.1) is 17.7 Å². The molecular weight excluding hydrogens is 306 g/mol. The van der Waals surface area contributed by atoms with Gasteiger partial charge < -0.3 is 19.5 Å². The maximum Gasteiger partial charge on any atom is 0.257 e. The minimum absolute atomic E-state index is 0.310. The second-order valence-corrected chi connectivity index (χ2v) is 5.07. The van der Waals surface area contributed by atoms with E-state index < -0.39 is 0 Å². The summed E-state index contributed by atoms with van der Waals surface area (Å²) in [6.07, 6.45) is 0. The number of anilines is 1. The normalized spacial score (nSPS) is 12.6. The lowest BCUT2D eigenvalue weighted by molar-refractivity contribution is 0.102. The summed E-state index contributed by atoms with van der Waals surface area (Å²) in [6.45, 7) is 0.921. The Morgan fingerprint density at radius 2 is 1.91 bits per heavy atom. The van der Waals surface area contributed by atoms with Gasteiger partial charge in [-0.05, 0) is 18.2 Å². The Balaban J connectivity index is 1.85. The summed E-state index contributed by atoms with van der Waals surface area (Å²) >= 11 is 6.16. The minimum atomic E-state index is -0.324. The first-order valence-corrected chi connectivity index (χ1v) is 7.10. The van der Waals surface area contributed by atoms with E-state index in [4.69, 9.17) is 25.8 Å². The highest BCUT2D eigenvalue weighted by Gasteiger charge is 2.19. The van der Waals surface area contributed by atoms with Crippen molar-refractivity contribution in [1.29, 1.82) is 0 Å². The van der Waals surface area contributed by atoms with Crippen LogP contribution in [-0.4, -0.2) is 26.2 Å². The molecule has 114 valence electrons. The average molecular weight is 320 g/mol. The molecule has 1 amide bonds. The Morgan fingerprint density at radius 1 is 1.18 bits per heavy atom. The fourth-order valence-corrected chi connectivity index (χ4v) is 2.38. The van der Waals surface area contributed by atoms with Crippen molar-refractivity contribution in [1.82, 2.24) is 0 Å². The van der Waals surface area contributed by atoms with Crippen molar-refractivity contribution in [3.05, 3.63) is 47.0 Å². The summed E-state index contributed by atoms with van der Waals surface area (Å²) in [5.74, 6) is 1.40. The van der Waals surface area contributed by atoms with Gasteiger partial charge >= 0.3 is 0 Å². The number of benzene rings is 2. The predicted octanol–water partition coefficient (Wildman–Crippen LogP) is 3.37. The molecule has 22 heavy (non-hydrogen) atoms. The molecule has 5 nitrogen and oxygen atoms in total. The van der Waals surface area contributed by atoms with E-state index in [1.54, 1.807) is 43.5 Å². The van der Waals surface area contributed by atoms with Gasteiger partial charge in [-0.3, -0.25) is 4.79 Å². The summed E-state index contributed by atoms with van der Waals surface area (Å²) in [5.41, 5.74) is 0.948. The van der Waals surface area contributed by atoms with Crippen molar-refractivity contribution >= 4 is 23.2 Å². The fraction of sp³-hybridized carbons (Fsp3) is 0.188. The van der Waals surface area contributed by atoms with Crippen molar-refractivity contribution in [2.45, 2.75) is 0 Å². The van der Waals surface area contributed by atoms with Crippen LogP contribution in [0.4, 0.5) is 5.69 Å². The third-order valence-electron chi connectivity index (χ3n) is 3.20. The molecule has 1 N–H and O–H groups in total. The zero-order chi connectivity index (χ0) is 15.5. The molecule has 0 atom stereocenters. The highest BCUT2D eigenvalue weighted by molar-refractivity contribution is 6.34. The Bertz CT molecular complexity index is 717. The molecule has 0 fully saturated rings. The largest absolute Gasteiger partial charge is 0.497 e. The standard InChI is InChI=1S/C16H14ClNO4/c1-20-11-4-2-3-10(7-11)18-16(19)12-8-14-15(9-13(12)17)22-6-5-21-14/h2-4,7-9H,5-6H2,1H3,(H,18,19). The molecule has 0 aromatic heterocycles. The molecule has 0 saturated heterocycles. The van der Waals surface area contributed by atoms with Crippen LogP contribution in [0.2, 0.25) is 5.02 Å². The van der Waals surface area contributed by atoms with Gasteiger partial charge in [-0.2, -0.15) is 0 Å². The number of hydrogen-bond donors (Lipinski definition) is 1. The predicted molar refractivity (Wildman–Crippen MR) is 83.4 cm³/mol. The number of hydrogen-bond acceptors (Lipinski definition) is 4. The number of fused-ring (bicyclic) bond motifs is 1. The molecule has 1 aliphatic rings. The van der Waals surface area contributed by atoms with Crippen LogP contribution >= 0.6 is 11.6 Å². The number of ether oxygens (including phenoxy) is 3. The van der Waals surface area contributed by atoms with Crippen LogP contribution in [-0.2, 0) is 0 Å². The monoisotopic (exact) mass is 319 g/mol. The number of amides is 1. The molecule has 0 aliphatic carbocycles. The molecule has 2 aromatic carbocycles. The van der Waals surface area contributed by atoms with Crippen molar-refractivity contribution in [3.8, 4) is 17.2 Å². The van der Waals surface area contributed by atoms with Crippen molar-refractivity contribution in [2.75, 3.05) is 25.6 Å². The molecule has 0 saturated carbocycles. The van der Waals surface area contributed by atoms with E-state index in [0.717, 1.165) is 0 Å². The quantitative estimate of drug-likeness (QED) is 0.942. The second kappa shape index (κ2) is 6.15. The average Bonchev–Trinajstić information content (AvgIpc) is 2.54. The molecule has 0 unspecified atom stereocenters. The number of nitrogens with one attached hydrogen (secondary N) is 1. The summed E-state index contributed by atoms with van der Waals surface area (Å²) < 4.78 is 16.0. The van der Waals surface area contributed by atoms with E-state index in [1.165, 1.54) is 0 Å². The Kier molecular flexibility index (Phi) is 4.06. The van der Waals surface area contributed by atoms with E-state index in [1.807, 2.05) is 0 Å². The smallest absolute Gasteiger partial charge is 0.257 e. The molecule has 3 rings (SSSR count). The molecule has 0 bridgehead atoms. The number of carbonyl (C=O) groups is 1. The van der Waals surface area contributed by atoms with Gasteiger partial charge in [0.2, 0.25) is 0 Å². The van der Waals surface area contributed by atoms with Crippen LogP contribution in [0.25, 0.3) is 0 Å². The third-order valence-corrected chi connectivity index (χ3v) is 3.52. The van der Waals surface area contributed by atoms with E-state index in [9.17, 15) is 4.79 Å². The van der Waals surface area contributed by atoms with Crippen LogP contribution in [0.5, 0.6) is 17.2 Å². The van der Waals surface area contributed by atoms with E-state index in [-0.39, 0.29) is 5.91 Å². The molecular formula is C16H14ClNO4. The van der Waals surface area contributed by atoms with Gasteiger partial charge in [0.25, 0.3) is 5.91 Å². The van der Waals surface area contributed by atoms with Gasteiger partial charge in [-0.15, -0.1) is 0 Å². The first-order chi connectivity index (χ1) is 10.7. The van der Waals surface area contributed by atoms with Crippen molar-refractivity contribution in [3.63, 3.8) is 0 Å². The van der Waals surface area contributed by atoms with Crippen molar-refractivity contribution in [2.24, 2.45) is 0 Å². The lowest BCUT2D eigenvalue weighted by Gasteiger charge is -2.19. The summed E-state index contributed by atoms with van der Waals surface area (Å²) in [4.78, 5) is 12.4. The zero-order valence-electron chi connectivity index (χ0n) is 11.9. The second-order valence-electron chi connectivity index (χ2n) is 4.66. The first kappa shape index (κ1) is 14.5. The topological polar surface area (TPSA) is 56.8 Å². The highest BCUT2D eigenvalue weighted by atomic mass is 35.5. The van der Waals surface area contributed by atoms with Gasteiger partial charge in [-0.1, -0.05) is 17.7 Å². The maximum atomic E-state index is 12.4. The SMILES string of the molecule is COc1cccc(NC(=O)c2cc3c(cc2Cl)OCCO3)c1. The molecule has 0 spiro atoms. The van der Waals surface area contributed by atoms with Crippen molar-refractivity contribution < 1.29 is 19.0 Å². The fourth-order valence-electron chi connectivity index (χ4n) is 2.14. The number of halogens is 1. The number of methoxy groups -OCH3 is 1. The third kappa shape index (κ3) is 2.94. The van der Waals surface area contributed by atoms with Crippen LogP contribution in [0, 0.1) is 0 Å². The Labute approximate surface area is 132 Å². The highest BCUT2D eigenvalue weighted by Crippen LogP contribution is 2.35. The van der Waals surface area contributed by atoms with Crippen LogP contribution < -0.4 is 19.5 Å². The molecule has 1 heterocycles. The minimum Gasteiger partial charge on any atom is -0.497 e. The Hall–Kier alpha value is -2.40.